The highest BCUT2D eigenvalue weighted by Gasteiger charge is 2.30. The smallest absolute Gasteiger partial charge is 0.0247 e. The molecule has 11 heavy (non-hydrogen) atoms. The Morgan fingerprint density at radius 3 is 2.64 bits per heavy atom. The standard InChI is InChI=1S/C9H18N2/c10-8-4-3-7-11-6-2-1-5-9(8)11/h8-9H,1-7,10H2/t8-,9?/m1/s1. The Balaban J connectivity index is 1.99. The molecule has 0 bridgehead atoms. The van der Waals surface area contributed by atoms with Gasteiger partial charge in [-0.15, -0.1) is 0 Å². The lowest BCUT2D eigenvalue weighted by molar-refractivity contribution is 0.0914. The number of fused-ring (bicyclic) bond motifs is 1. The van der Waals surface area contributed by atoms with E-state index in [1.807, 2.05) is 0 Å². The van der Waals surface area contributed by atoms with Crippen molar-refractivity contribution in [3.8, 4) is 0 Å². The summed E-state index contributed by atoms with van der Waals surface area (Å²) < 4.78 is 0. The highest BCUT2D eigenvalue weighted by Crippen LogP contribution is 2.24. The summed E-state index contributed by atoms with van der Waals surface area (Å²) in [6.45, 7) is 2.61. The van der Waals surface area contributed by atoms with Crippen LogP contribution in [-0.4, -0.2) is 30.1 Å². The lowest BCUT2D eigenvalue weighted by Crippen LogP contribution is -2.53. The average Bonchev–Trinajstić information content (AvgIpc) is 2.06. The fourth-order valence-electron chi connectivity index (χ4n) is 2.50. The van der Waals surface area contributed by atoms with Crippen LogP contribution in [0.3, 0.4) is 0 Å². The van der Waals surface area contributed by atoms with Crippen LogP contribution in [0, 0.1) is 0 Å². The van der Waals surface area contributed by atoms with Crippen LogP contribution in [-0.2, 0) is 0 Å². The van der Waals surface area contributed by atoms with Crippen molar-refractivity contribution in [2.45, 2.75) is 44.2 Å². The second kappa shape index (κ2) is 3.11. The number of nitrogens with two attached hydrogens (primary N) is 1. The SMILES string of the molecule is N[C@@H]1CCCN2CCCCC12. The molecule has 0 spiro atoms. The number of hydrogen-bond acceptors (Lipinski definition) is 2. The summed E-state index contributed by atoms with van der Waals surface area (Å²) in [6.07, 6.45) is 6.71. The third-order valence-electron chi connectivity index (χ3n) is 3.14. The molecule has 0 aromatic heterocycles. The predicted molar refractivity (Wildman–Crippen MR) is 46.4 cm³/mol. The van der Waals surface area contributed by atoms with E-state index in [-0.39, 0.29) is 0 Å². The Kier molecular flexibility index (Phi) is 2.14. The first-order valence-electron chi connectivity index (χ1n) is 4.87. The van der Waals surface area contributed by atoms with Crippen LogP contribution in [0.5, 0.6) is 0 Å². The van der Waals surface area contributed by atoms with Gasteiger partial charge in [-0.05, 0) is 38.8 Å². The van der Waals surface area contributed by atoms with Gasteiger partial charge >= 0.3 is 0 Å². The summed E-state index contributed by atoms with van der Waals surface area (Å²) in [7, 11) is 0. The maximum Gasteiger partial charge on any atom is 0.0247 e. The van der Waals surface area contributed by atoms with Crippen LogP contribution in [0.25, 0.3) is 0 Å². The number of nitrogens with zero attached hydrogens (tertiary/aromatic N) is 1. The van der Waals surface area contributed by atoms with Gasteiger partial charge in [0.15, 0.2) is 0 Å². The zero-order valence-corrected chi connectivity index (χ0v) is 7.13. The Labute approximate surface area is 68.7 Å². The first-order valence-corrected chi connectivity index (χ1v) is 4.87. The van der Waals surface area contributed by atoms with Crippen molar-refractivity contribution < 1.29 is 0 Å². The van der Waals surface area contributed by atoms with Crippen molar-refractivity contribution >= 4 is 0 Å². The summed E-state index contributed by atoms with van der Waals surface area (Å²) in [6, 6.07) is 1.21. The van der Waals surface area contributed by atoms with E-state index in [1.165, 1.54) is 45.2 Å². The normalized spacial score (nSPS) is 40.1. The predicted octanol–water partition coefficient (Wildman–Crippen LogP) is 0.962. The molecule has 64 valence electrons. The van der Waals surface area contributed by atoms with E-state index in [2.05, 4.69) is 4.90 Å². The van der Waals surface area contributed by atoms with Crippen molar-refractivity contribution in [1.29, 1.82) is 0 Å². The number of hydrogen-bond donors (Lipinski definition) is 1. The summed E-state index contributed by atoms with van der Waals surface area (Å²) in [5, 5.41) is 0. The molecule has 0 amide bonds. The van der Waals surface area contributed by atoms with E-state index in [1.54, 1.807) is 0 Å². The Bertz CT molecular complexity index is 134. The van der Waals surface area contributed by atoms with Crippen molar-refractivity contribution in [2.24, 2.45) is 5.73 Å². The first kappa shape index (κ1) is 7.56. The first-order chi connectivity index (χ1) is 5.38. The molecule has 0 aliphatic carbocycles. The zero-order chi connectivity index (χ0) is 7.68. The molecule has 2 rings (SSSR count). The molecular formula is C9H18N2. The third kappa shape index (κ3) is 1.42. The monoisotopic (exact) mass is 154 g/mol. The van der Waals surface area contributed by atoms with E-state index < -0.39 is 0 Å². The molecule has 2 atom stereocenters. The fraction of sp³-hybridized carbons (Fsp3) is 1.00. The van der Waals surface area contributed by atoms with Crippen molar-refractivity contribution in [1.82, 2.24) is 4.90 Å². The lowest BCUT2D eigenvalue weighted by atomic mass is 9.89. The Morgan fingerprint density at radius 2 is 1.82 bits per heavy atom. The lowest BCUT2D eigenvalue weighted by Gasteiger charge is -2.42. The molecule has 2 heteroatoms. The zero-order valence-electron chi connectivity index (χ0n) is 7.13. The van der Waals surface area contributed by atoms with Gasteiger partial charge in [-0.25, -0.2) is 0 Å². The quantitative estimate of drug-likeness (QED) is 0.563. The van der Waals surface area contributed by atoms with Crippen LogP contribution in [0.2, 0.25) is 0 Å². The van der Waals surface area contributed by atoms with E-state index >= 15 is 0 Å². The Morgan fingerprint density at radius 1 is 1.00 bits per heavy atom. The molecule has 0 saturated carbocycles. The van der Waals surface area contributed by atoms with Gasteiger partial charge in [0.1, 0.15) is 0 Å². The van der Waals surface area contributed by atoms with Crippen molar-refractivity contribution in [3.63, 3.8) is 0 Å². The molecule has 2 heterocycles. The van der Waals surface area contributed by atoms with Crippen LogP contribution in [0.4, 0.5) is 0 Å². The van der Waals surface area contributed by atoms with Gasteiger partial charge in [-0.2, -0.15) is 0 Å². The van der Waals surface area contributed by atoms with Crippen molar-refractivity contribution in [2.75, 3.05) is 13.1 Å². The molecule has 2 fully saturated rings. The van der Waals surface area contributed by atoms with Gasteiger partial charge in [-0.1, -0.05) is 6.42 Å². The molecule has 2 saturated heterocycles. The molecule has 0 aromatic carbocycles. The molecule has 1 unspecified atom stereocenters. The molecule has 0 aromatic rings. The van der Waals surface area contributed by atoms with Gasteiger partial charge in [0.2, 0.25) is 0 Å². The van der Waals surface area contributed by atoms with Gasteiger partial charge in [0.25, 0.3) is 0 Å². The molecular weight excluding hydrogens is 136 g/mol. The maximum absolute atomic E-state index is 6.05. The summed E-state index contributed by atoms with van der Waals surface area (Å²) in [5.74, 6) is 0. The average molecular weight is 154 g/mol. The second-order valence-electron chi connectivity index (χ2n) is 3.91. The van der Waals surface area contributed by atoms with Crippen LogP contribution < -0.4 is 5.73 Å². The van der Waals surface area contributed by atoms with Crippen molar-refractivity contribution in [3.05, 3.63) is 0 Å². The van der Waals surface area contributed by atoms with E-state index in [0.29, 0.717) is 6.04 Å². The fourth-order valence-corrected chi connectivity index (χ4v) is 2.50. The Hall–Kier alpha value is -0.0800. The van der Waals surface area contributed by atoms with Gasteiger partial charge in [-0.3, -0.25) is 4.90 Å². The van der Waals surface area contributed by atoms with E-state index in [4.69, 9.17) is 5.73 Å². The highest BCUT2D eigenvalue weighted by atomic mass is 15.2. The van der Waals surface area contributed by atoms with E-state index in [9.17, 15) is 0 Å². The molecule has 2 aliphatic heterocycles. The maximum atomic E-state index is 6.05. The molecule has 2 nitrogen and oxygen atoms in total. The largest absolute Gasteiger partial charge is 0.326 e. The van der Waals surface area contributed by atoms with Crippen LogP contribution in [0.1, 0.15) is 32.1 Å². The minimum atomic E-state index is 0.476. The topological polar surface area (TPSA) is 29.3 Å². The molecule has 0 radical (unpaired) electrons. The minimum absolute atomic E-state index is 0.476. The molecule has 2 N–H and O–H groups in total. The number of rotatable bonds is 0. The van der Waals surface area contributed by atoms with Gasteiger partial charge in [0.05, 0.1) is 0 Å². The second-order valence-corrected chi connectivity index (χ2v) is 3.91. The van der Waals surface area contributed by atoms with E-state index in [0.717, 1.165) is 6.04 Å². The molecule has 2 aliphatic rings. The summed E-state index contributed by atoms with van der Waals surface area (Å²) in [5.41, 5.74) is 6.05. The summed E-state index contributed by atoms with van der Waals surface area (Å²) >= 11 is 0. The minimum Gasteiger partial charge on any atom is -0.326 e. The van der Waals surface area contributed by atoms with Crippen LogP contribution >= 0.6 is 0 Å². The van der Waals surface area contributed by atoms with Crippen LogP contribution in [0.15, 0.2) is 0 Å². The number of piperidine rings is 2. The highest BCUT2D eigenvalue weighted by molar-refractivity contribution is 4.89. The van der Waals surface area contributed by atoms with Gasteiger partial charge < -0.3 is 5.73 Å². The van der Waals surface area contributed by atoms with Gasteiger partial charge in [0, 0.05) is 12.1 Å². The summed E-state index contributed by atoms with van der Waals surface area (Å²) in [4.78, 5) is 2.59. The third-order valence-corrected chi connectivity index (χ3v) is 3.14.